The van der Waals surface area contributed by atoms with E-state index in [-0.39, 0.29) is 11.9 Å². The molecular formula is C24H23N3O. The lowest BCUT2D eigenvalue weighted by molar-refractivity contribution is -0.132. The van der Waals surface area contributed by atoms with Crippen LogP contribution in [0.1, 0.15) is 18.5 Å². The van der Waals surface area contributed by atoms with E-state index in [1.54, 1.807) is 17.3 Å². The maximum absolute atomic E-state index is 13.1. The summed E-state index contributed by atoms with van der Waals surface area (Å²) in [6, 6.07) is 24.5. The number of nitrogens with zero attached hydrogens (tertiary/aromatic N) is 3. The summed E-state index contributed by atoms with van der Waals surface area (Å²) in [5.74, 6) is 0.0721. The molecule has 0 saturated heterocycles. The van der Waals surface area contributed by atoms with E-state index in [0.717, 1.165) is 27.7 Å². The van der Waals surface area contributed by atoms with Gasteiger partial charge in [0.15, 0.2) is 0 Å². The van der Waals surface area contributed by atoms with E-state index in [2.05, 4.69) is 39.9 Å². The first-order valence-electron chi connectivity index (χ1n) is 9.44. The second kappa shape index (κ2) is 7.69. The highest BCUT2D eigenvalue weighted by Gasteiger charge is 2.20. The highest BCUT2D eigenvalue weighted by atomic mass is 16.2. The third-order valence-electron chi connectivity index (χ3n) is 5.34. The van der Waals surface area contributed by atoms with Gasteiger partial charge in [0.2, 0.25) is 5.91 Å². The molecule has 0 saturated carbocycles. The van der Waals surface area contributed by atoms with Crippen molar-refractivity contribution in [2.45, 2.75) is 19.5 Å². The molecule has 2 aromatic carbocycles. The van der Waals surface area contributed by atoms with Crippen LogP contribution in [-0.4, -0.2) is 27.4 Å². The SMILES string of the molecule is CC(c1ccncc1)N(C)C(=O)Cn1c(-c2ccccc2)cc2ccccc21. The molecular weight excluding hydrogens is 346 g/mol. The molecule has 140 valence electrons. The summed E-state index contributed by atoms with van der Waals surface area (Å²) in [7, 11) is 1.86. The van der Waals surface area contributed by atoms with Gasteiger partial charge >= 0.3 is 0 Å². The van der Waals surface area contributed by atoms with Crippen LogP contribution in [-0.2, 0) is 11.3 Å². The molecule has 2 heterocycles. The molecule has 0 spiro atoms. The van der Waals surface area contributed by atoms with Crippen molar-refractivity contribution < 1.29 is 4.79 Å². The summed E-state index contributed by atoms with van der Waals surface area (Å²) < 4.78 is 2.11. The van der Waals surface area contributed by atoms with Gasteiger partial charge in [0.05, 0.1) is 6.04 Å². The number of pyridine rings is 1. The Kier molecular flexibility index (Phi) is 4.94. The molecule has 28 heavy (non-hydrogen) atoms. The van der Waals surface area contributed by atoms with E-state index in [1.807, 2.05) is 56.4 Å². The number of benzene rings is 2. The largest absolute Gasteiger partial charge is 0.337 e. The number of likely N-dealkylation sites (N-methyl/N-ethyl adjacent to an activating group) is 1. The maximum Gasteiger partial charge on any atom is 0.242 e. The fraction of sp³-hybridized carbons (Fsp3) is 0.167. The Morgan fingerprint density at radius 3 is 2.43 bits per heavy atom. The summed E-state index contributed by atoms with van der Waals surface area (Å²) in [5, 5.41) is 1.14. The lowest BCUT2D eigenvalue weighted by Gasteiger charge is -2.26. The first-order chi connectivity index (χ1) is 13.6. The molecule has 1 atom stereocenters. The minimum atomic E-state index is -0.0162. The summed E-state index contributed by atoms with van der Waals surface area (Å²) >= 11 is 0. The predicted octanol–water partition coefficient (Wildman–Crippen LogP) is 4.92. The Morgan fingerprint density at radius 2 is 1.68 bits per heavy atom. The number of aromatic nitrogens is 2. The first kappa shape index (κ1) is 18.0. The smallest absolute Gasteiger partial charge is 0.242 e. The van der Waals surface area contributed by atoms with Crippen molar-refractivity contribution in [1.29, 1.82) is 0 Å². The number of hydrogen-bond donors (Lipinski definition) is 0. The van der Waals surface area contributed by atoms with E-state index in [4.69, 9.17) is 0 Å². The molecule has 2 aromatic heterocycles. The van der Waals surface area contributed by atoms with Crippen LogP contribution >= 0.6 is 0 Å². The van der Waals surface area contributed by atoms with Crippen molar-refractivity contribution in [3.63, 3.8) is 0 Å². The molecule has 0 aliphatic rings. The predicted molar refractivity (Wildman–Crippen MR) is 113 cm³/mol. The zero-order chi connectivity index (χ0) is 19.5. The zero-order valence-electron chi connectivity index (χ0n) is 16.1. The van der Waals surface area contributed by atoms with Crippen molar-refractivity contribution in [1.82, 2.24) is 14.5 Å². The Bertz CT molecular complexity index is 1090. The van der Waals surface area contributed by atoms with Gasteiger partial charge in [-0.2, -0.15) is 0 Å². The molecule has 4 aromatic rings. The van der Waals surface area contributed by atoms with Gasteiger partial charge in [0, 0.05) is 36.0 Å². The van der Waals surface area contributed by atoms with Crippen LogP contribution in [0.25, 0.3) is 22.2 Å². The molecule has 0 radical (unpaired) electrons. The lowest BCUT2D eigenvalue weighted by atomic mass is 10.1. The maximum atomic E-state index is 13.1. The van der Waals surface area contributed by atoms with Crippen molar-refractivity contribution >= 4 is 16.8 Å². The topological polar surface area (TPSA) is 38.1 Å². The molecule has 0 aliphatic heterocycles. The minimum absolute atomic E-state index is 0.0162. The van der Waals surface area contributed by atoms with Gasteiger partial charge in [-0.05, 0) is 42.3 Å². The second-order valence-electron chi connectivity index (χ2n) is 7.00. The summed E-state index contributed by atoms with van der Waals surface area (Å²) in [5.41, 5.74) is 4.31. The average molecular weight is 369 g/mol. The van der Waals surface area contributed by atoms with Crippen molar-refractivity contribution in [3.05, 3.63) is 90.8 Å². The van der Waals surface area contributed by atoms with Gasteiger partial charge in [-0.15, -0.1) is 0 Å². The zero-order valence-corrected chi connectivity index (χ0v) is 16.1. The Morgan fingerprint density at radius 1 is 1.00 bits per heavy atom. The highest BCUT2D eigenvalue weighted by Crippen LogP contribution is 2.29. The number of fused-ring (bicyclic) bond motifs is 1. The van der Waals surface area contributed by atoms with Crippen LogP contribution in [0, 0.1) is 0 Å². The Balaban J connectivity index is 1.68. The van der Waals surface area contributed by atoms with Crippen LogP contribution in [0.2, 0.25) is 0 Å². The van der Waals surface area contributed by atoms with Crippen LogP contribution < -0.4 is 0 Å². The van der Waals surface area contributed by atoms with E-state index < -0.39 is 0 Å². The fourth-order valence-corrected chi connectivity index (χ4v) is 3.56. The number of hydrogen-bond acceptors (Lipinski definition) is 2. The van der Waals surface area contributed by atoms with E-state index >= 15 is 0 Å². The minimum Gasteiger partial charge on any atom is -0.337 e. The monoisotopic (exact) mass is 369 g/mol. The number of rotatable bonds is 5. The van der Waals surface area contributed by atoms with Gasteiger partial charge in [0.1, 0.15) is 6.54 Å². The molecule has 0 fully saturated rings. The number of amides is 1. The molecule has 1 unspecified atom stereocenters. The molecule has 4 rings (SSSR count). The molecule has 0 aliphatic carbocycles. The van der Waals surface area contributed by atoms with E-state index in [0.29, 0.717) is 6.54 Å². The van der Waals surface area contributed by atoms with Gasteiger partial charge in [-0.3, -0.25) is 9.78 Å². The third kappa shape index (κ3) is 3.41. The molecule has 1 amide bonds. The van der Waals surface area contributed by atoms with Gasteiger partial charge in [0.25, 0.3) is 0 Å². The van der Waals surface area contributed by atoms with E-state index in [9.17, 15) is 4.79 Å². The van der Waals surface area contributed by atoms with Crippen LogP contribution in [0.3, 0.4) is 0 Å². The average Bonchev–Trinajstić information content (AvgIpc) is 3.12. The summed E-state index contributed by atoms with van der Waals surface area (Å²) in [6.07, 6.45) is 3.52. The highest BCUT2D eigenvalue weighted by molar-refractivity contribution is 5.89. The summed E-state index contributed by atoms with van der Waals surface area (Å²) in [6.45, 7) is 2.34. The van der Waals surface area contributed by atoms with Crippen molar-refractivity contribution in [2.75, 3.05) is 7.05 Å². The lowest BCUT2D eigenvalue weighted by Crippen LogP contribution is -2.32. The number of carbonyl (C=O) groups excluding carboxylic acids is 1. The van der Waals surface area contributed by atoms with Crippen LogP contribution in [0.5, 0.6) is 0 Å². The number of carbonyl (C=O) groups is 1. The number of para-hydroxylation sites is 1. The molecule has 4 heteroatoms. The molecule has 4 nitrogen and oxygen atoms in total. The Hall–Kier alpha value is -3.40. The van der Waals surface area contributed by atoms with Gasteiger partial charge < -0.3 is 9.47 Å². The van der Waals surface area contributed by atoms with Crippen molar-refractivity contribution in [3.8, 4) is 11.3 Å². The summed E-state index contributed by atoms with van der Waals surface area (Å²) in [4.78, 5) is 19.0. The fourth-order valence-electron chi connectivity index (χ4n) is 3.56. The van der Waals surface area contributed by atoms with Crippen LogP contribution in [0.4, 0.5) is 0 Å². The molecule has 0 N–H and O–H groups in total. The quantitative estimate of drug-likeness (QED) is 0.501. The molecule has 0 bridgehead atoms. The third-order valence-corrected chi connectivity index (χ3v) is 5.34. The normalized spacial score (nSPS) is 12.1. The Labute approximate surface area is 165 Å². The van der Waals surface area contributed by atoms with Gasteiger partial charge in [-0.25, -0.2) is 0 Å². The first-order valence-corrected chi connectivity index (χ1v) is 9.44. The van der Waals surface area contributed by atoms with Gasteiger partial charge in [-0.1, -0.05) is 48.5 Å². The second-order valence-corrected chi connectivity index (χ2v) is 7.00. The van der Waals surface area contributed by atoms with Crippen molar-refractivity contribution in [2.24, 2.45) is 0 Å². The van der Waals surface area contributed by atoms with E-state index in [1.165, 1.54) is 0 Å². The van der Waals surface area contributed by atoms with Crippen LogP contribution in [0.15, 0.2) is 85.2 Å². The standard InChI is InChI=1S/C24H23N3O/c1-18(19-12-14-25-15-13-19)26(2)24(28)17-27-22-11-7-6-10-21(22)16-23(27)20-8-4-3-5-9-20/h3-16,18H,17H2,1-2H3.